The van der Waals surface area contributed by atoms with Crippen molar-refractivity contribution >= 4 is 21.1 Å². The van der Waals surface area contributed by atoms with Crippen molar-refractivity contribution in [1.29, 1.82) is 0 Å². The number of aryl methyl sites for hydroxylation is 4. The third-order valence-corrected chi connectivity index (χ3v) is 5.39. The lowest BCUT2D eigenvalue weighted by Gasteiger charge is -2.12. The van der Waals surface area contributed by atoms with Gasteiger partial charge in [0.2, 0.25) is 15.9 Å². The number of imidazole rings is 1. The molecule has 0 amide bonds. The van der Waals surface area contributed by atoms with Gasteiger partial charge in [-0.1, -0.05) is 18.2 Å². The van der Waals surface area contributed by atoms with E-state index in [0.717, 1.165) is 53.3 Å². The molecule has 7 nitrogen and oxygen atoms in total. The minimum absolute atomic E-state index is 0.437. The number of fused-ring (bicyclic) bond motifs is 1. The molecule has 0 fully saturated rings. The Kier molecular flexibility index (Phi) is 6.00. The summed E-state index contributed by atoms with van der Waals surface area (Å²) in [5.74, 6) is 2.11. The Balaban J connectivity index is 1.86. The summed E-state index contributed by atoms with van der Waals surface area (Å²) in [5, 5.41) is 0. The Hall–Kier alpha value is -2.45. The molecule has 0 aliphatic rings. The maximum Gasteiger partial charge on any atom is 0.247 e. The Bertz CT molecular complexity index is 1080. The predicted octanol–water partition coefficient (Wildman–Crippen LogP) is 3.48. The minimum atomic E-state index is -3.14. The maximum absolute atomic E-state index is 11.2. The fourth-order valence-electron chi connectivity index (χ4n) is 3.15. The van der Waals surface area contributed by atoms with Crippen LogP contribution in [-0.2, 0) is 16.6 Å². The number of hydrogen-bond donors (Lipinski definition) is 1. The molecule has 3 rings (SSSR count). The van der Waals surface area contributed by atoms with Crippen molar-refractivity contribution in [1.82, 2.24) is 19.3 Å². The second kappa shape index (κ2) is 8.28. The number of rotatable bonds is 8. The fraction of sp³-hybridized carbons (Fsp3) is 0.400. The van der Waals surface area contributed by atoms with E-state index >= 15 is 0 Å². The number of benzene rings is 1. The largest absolute Gasteiger partial charge is 0.437 e. The molecule has 0 spiro atoms. The van der Waals surface area contributed by atoms with Crippen LogP contribution in [-0.4, -0.2) is 35.8 Å². The van der Waals surface area contributed by atoms with Gasteiger partial charge in [-0.3, -0.25) is 0 Å². The summed E-state index contributed by atoms with van der Waals surface area (Å²) in [5.41, 5.74) is 3.74. The molecule has 2 aromatic heterocycles. The van der Waals surface area contributed by atoms with Crippen molar-refractivity contribution in [3.05, 3.63) is 47.4 Å². The number of hydrogen-bond acceptors (Lipinski definition) is 5. The first-order valence-electron chi connectivity index (χ1n) is 9.28. The first kappa shape index (κ1) is 20.3. The molecule has 0 unspecified atom stereocenters. The van der Waals surface area contributed by atoms with E-state index in [1.807, 2.05) is 51.1 Å². The van der Waals surface area contributed by atoms with Crippen LogP contribution < -0.4 is 9.46 Å². The first-order valence-corrected chi connectivity index (χ1v) is 11.2. The summed E-state index contributed by atoms with van der Waals surface area (Å²) in [7, 11) is -3.14. The molecule has 8 heteroatoms. The average molecular weight is 403 g/mol. The van der Waals surface area contributed by atoms with Gasteiger partial charge in [0.1, 0.15) is 11.6 Å². The topological polar surface area (TPSA) is 86.1 Å². The average Bonchev–Trinajstić information content (AvgIpc) is 2.96. The van der Waals surface area contributed by atoms with E-state index in [2.05, 4.69) is 14.3 Å². The standard InChI is InChI=1S/C20H26N4O3S/c1-14-15(2)22-20(27-17-10-6-5-7-11-17)18-19(14)24(16(3)23-18)13-9-8-12-21-28(4,25)26/h5-7,10-11,21H,8-9,12-13H2,1-4H3. The van der Waals surface area contributed by atoms with E-state index in [0.29, 0.717) is 12.4 Å². The molecule has 0 aliphatic carbocycles. The summed E-state index contributed by atoms with van der Waals surface area (Å²) < 4.78 is 33.1. The molecular formula is C20H26N4O3S. The van der Waals surface area contributed by atoms with E-state index in [9.17, 15) is 8.42 Å². The van der Waals surface area contributed by atoms with Gasteiger partial charge < -0.3 is 9.30 Å². The highest BCUT2D eigenvalue weighted by molar-refractivity contribution is 7.88. The molecule has 2 heterocycles. The van der Waals surface area contributed by atoms with Gasteiger partial charge in [0.25, 0.3) is 0 Å². The monoisotopic (exact) mass is 402 g/mol. The van der Waals surface area contributed by atoms with Gasteiger partial charge in [-0.25, -0.2) is 23.1 Å². The molecule has 0 aliphatic heterocycles. The van der Waals surface area contributed by atoms with Crippen LogP contribution in [0.3, 0.4) is 0 Å². The zero-order valence-electron chi connectivity index (χ0n) is 16.7. The summed E-state index contributed by atoms with van der Waals surface area (Å²) in [6.07, 6.45) is 2.76. The number of nitrogens with one attached hydrogen (secondary N) is 1. The van der Waals surface area contributed by atoms with E-state index in [1.54, 1.807) is 0 Å². The van der Waals surface area contributed by atoms with Crippen molar-refractivity contribution < 1.29 is 13.2 Å². The minimum Gasteiger partial charge on any atom is -0.437 e. The van der Waals surface area contributed by atoms with Crippen LogP contribution in [0.4, 0.5) is 0 Å². The van der Waals surface area contributed by atoms with Crippen LogP contribution in [0.5, 0.6) is 11.6 Å². The molecule has 1 N–H and O–H groups in total. The molecule has 0 saturated heterocycles. The Labute approximate surface area is 165 Å². The van der Waals surface area contributed by atoms with Crippen molar-refractivity contribution in [3.63, 3.8) is 0 Å². The van der Waals surface area contributed by atoms with E-state index < -0.39 is 10.0 Å². The number of sulfonamides is 1. The molecular weight excluding hydrogens is 376 g/mol. The summed E-state index contributed by atoms with van der Waals surface area (Å²) in [6.45, 7) is 7.17. The highest BCUT2D eigenvalue weighted by atomic mass is 32.2. The fourth-order valence-corrected chi connectivity index (χ4v) is 3.67. The zero-order chi connectivity index (χ0) is 20.3. The zero-order valence-corrected chi connectivity index (χ0v) is 17.5. The van der Waals surface area contributed by atoms with Gasteiger partial charge >= 0.3 is 0 Å². The third-order valence-electron chi connectivity index (χ3n) is 4.66. The van der Waals surface area contributed by atoms with Crippen LogP contribution in [0.15, 0.2) is 30.3 Å². The van der Waals surface area contributed by atoms with Gasteiger partial charge in [-0.2, -0.15) is 0 Å². The normalized spacial score (nSPS) is 11.9. The predicted molar refractivity (Wildman–Crippen MR) is 110 cm³/mol. The van der Waals surface area contributed by atoms with E-state index in [4.69, 9.17) is 9.72 Å². The van der Waals surface area contributed by atoms with Crippen LogP contribution in [0.2, 0.25) is 0 Å². The summed E-state index contributed by atoms with van der Waals surface area (Å²) >= 11 is 0. The van der Waals surface area contributed by atoms with Gasteiger partial charge in [0, 0.05) is 18.8 Å². The Morgan fingerprint density at radius 1 is 1.07 bits per heavy atom. The van der Waals surface area contributed by atoms with Gasteiger partial charge in [-0.15, -0.1) is 0 Å². The van der Waals surface area contributed by atoms with Crippen molar-refractivity contribution in [3.8, 4) is 11.6 Å². The van der Waals surface area contributed by atoms with Crippen LogP contribution in [0.1, 0.15) is 29.9 Å². The SMILES string of the molecule is Cc1nc(Oc2ccccc2)c2nc(C)n(CCCCNS(C)(=O)=O)c2c1C. The Morgan fingerprint density at radius 3 is 2.46 bits per heavy atom. The lowest BCUT2D eigenvalue weighted by molar-refractivity contribution is 0.466. The molecule has 1 aromatic carbocycles. The molecule has 0 saturated carbocycles. The van der Waals surface area contributed by atoms with Crippen LogP contribution in [0, 0.1) is 20.8 Å². The molecule has 150 valence electrons. The van der Waals surface area contributed by atoms with Crippen LogP contribution >= 0.6 is 0 Å². The number of para-hydroxylation sites is 1. The van der Waals surface area contributed by atoms with E-state index in [1.165, 1.54) is 6.26 Å². The second-order valence-corrected chi connectivity index (χ2v) is 8.76. The number of unbranched alkanes of at least 4 members (excludes halogenated alkanes) is 1. The van der Waals surface area contributed by atoms with Gasteiger partial charge in [-0.05, 0) is 51.3 Å². The number of aromatic nitrogens is 3. The number of nitrogens with zero attached hydrogens (tertiary/aromatic N) is 3. The molecule has 3 aromatic rings. The van der Waals surface area contributed by atoms with Crippen molar-refractivity contribution in [2.45, 2.75) is 40.2 Å². The highest BCUT2D eigenvalue weighted by Gasteiger charge is 2.18. The highest BCUT2D eigenvalue weighted by Crippen LogP contribution is 2.31. The molecule has 0 bridgehead atoms. The summed E-state index contributed by atoms with van der Waals surface area (Å²) in [6, 6.07) is 9.56. The van der Waals surface area contributed by atoms with Gasteiger partial charge in [0.05, 0.1) is 11.8 Å². The first-order chi connectivity index (χ1) is 13.3. The second-order valence-electron chi connectivity index (χ2n) is 6.92. The quantitative estimate of drug-likeness (QED) is 0.583. The molecule has 0 atom stereocenters. The van der Waals surface area contributed by atoms with Crippen molar-refractivity contribution in [2.24, 2.45) is 0 Å². The van der Waals surface area contributed by atoms with E-state index in [-0.39, 0.29) is 0 Å². The molecule has 0 radical (unpaired) electrons. The Morgan fingerprint density at radius 2 is 1.79 bits per heavy atom. The number of ether oxygens (including phenoxy) is 1. The number of pyridine rings is 1. The van der Waals surface area contributed by atoms with Crippen molar-refractivity contribution in [2.75, 3.05) is 12.8 Å². The smallest absolute Gasteiger partial charge is 0.247 e. The van der Waals surface area contributed by atoms with Crippen LogP contribution in [0.25, 0.3) is 11.0 Å². The maximum atomic E-state index is 11.2. The lowest BCUT2D eigenvalue weighted by Crippen LogP contribution is -2.23. The van der Waals surface area contributed by atoms with Gasteiger partial charge in [0.15, 0.2) is 5.52 Å². The summed E-state index contributed by atoms with van der Waals surface area (Å²) in [4.78, 5) is 9.33. The third kappa shape index (κ3) is 4.69. The lowest BCUT2D eigenvalue weighted by atomic mass is 10.2. The molecule has 28 heavy (non-hydrogen) atoms.